The van der Waals surface area contributed by atoms with Gasteiger partial charge in [-0.05, 0) is 23.8 Å². The molecule has 0 saturated heterocycles. The zero-order valence-corrected chi connectivity index (χ0v) is 12.2. The Bertz CT molecular complexity index is 683. The fraction of sp³-hybridized carbons (Fsp3) is 0.0625. The van der Waals surface area contributed by atoms with Crippen LogP contribution in [0.5, 0.6) is 5.75 Å². The van der Waals surface area contributed by atoms with Crippen molar-refractivity contribution < 1.29 is 4.74 Å². The van der Waals surface area contributed by atoms with E-state index in [1.54, 1.807) is 16.8 Å². The number of benzene rings is 2. The zero-order chi connectivity index (χ0) is 13.8. The molecule has 0 radical (unpaired) electrons. The highest BCUT2D eigenvalue weighted by atomic mass is 35.5. The van der Waals surface area contributed by atoms with E-state index >= 15 is 0 Å². The molecule has 0 unspecified atom stereocenters. The van der Waals surface area contributed by atoms with Crippen molar-refractivity contribution in [2.24, 2.45) is 0 Å². The minimum atomic E-state index is 0.535. The SMILES string of the molecule is Clc1cc(OCc2ccccc2)ccc1-c1cscn1. The molecular weight excluding hydrogens is 290 g/mol. The summed E-state index contributed by atoms with van der Waals surface area (Å²) in [6, 6.07) is 15.7. The molecule has 0 fully saturated rings. The molecule has 1 aromatic heterocycles. The summed E-state index contributed by atoms with van der Waals surface area (Å²) in [6.45, 7) is 0.535. The monoisotopic (exact) mass is 301 g/mol. The van der Waals surface area contributed by atoms with Gasteiger partial charge >= 0.3 is 0 Å². The van der Waals surface area contributed by atoms with Crippen LogP contribution in [0.3, 0.4) is 0 Å². The van der Waals surface area contributed by atoms with E-state index in [1.165, 1.54) is 0 Å². The summed E-state index contributed by atoms with van der Waals surface area (Å²) in [5, 5.41) is 2.63. The molecule has 0 aliphatic rings. The van der Waals surface area contributed by atoms with Crippen molar-refractivity contribution in [2.45, 2.75) is 6.61 Å². The van der Waals surface area contributed by atoms with E-state index in [4.69, 9.17) is 16.3 Å². The third kappa shape index (κ3) is 3.00. The predicted molar refractivity (Wildman–Crippen MR) is 83.3 cm³/mol. The van der Waals surface area contributed by atoms with Crippen LogP contribution in [0, 0.1) is 0 Å². The molecule has 2 aromatic carbocycles. The smallest absolute Gasteiger partial charge is 0.121 e. The normalized spacial score (nSPS) is 10.4. The van der Waals surface area contributed by atoms with E-state index in [-0.39, 0.29) is 0 Å². The molecule has 0 spiro atoms. The lowest BCUT2D eigenvalue weighted by Crippen LogP contribution is -1.95. The van der Waals surface area contributed by atoms with E-state index in [2.05, 4.69) is 4.98 Å². The first-order chi connectivity index (χ1) is 9.83. The van der Waals surface area contributed by atoms with Gasteiger partial charge in [-0.1, -0.05) is 41.9 Å². The van der Waals surface area contributed by atoms with Gasteiger partial charge in [-0.25, -0.2) is 4.98 Å². The second-order valence-corrected chi connectivity index (χ2v) is 5.42. The number of nitrogens with zero attached hydrogens (tertiary/aromatic N) is 1. The second kappa shape index (κ2) is 6.07. The molecule has 20 heavy (non-hydrogen) atoms. The van der Waals surface area contributed by atoms with E-state index in [1.807, 2.05) is 53.9 Å². The van der Waals surface area contributed by atoms with Gasteiger partial charge in [-0.2, -0.15) is 0 Å². The summed E-state index contributed by atoms with van der Waals surface area (Å²) in [5.41, 5.74) is 4.76. The Kier molecular flexibility index (Phi) is 4.00. The number of aromatic nitrogens is 1. The highest BCUT2D eigenvalue weighted by molar-refractivity contribution is 7.07. The molecule has 3 rings (SSSR count). The Morgan fingerprint density at radius 1 is 1.10 bits per heavy atom. The van der Waals surface area contributed by atoms with Crippen molar-refractivity contribution in [2.75, 3.05) is 0 Å². The van der Waals surface area contributed by atoms with Crippen LogP contribution in [0.25, 0.3) is 11.3 Å². The van der Waals surface area contributed by atoms with Gasteiger partial charge in [0.1, 0.15) is 12.4 Å². The molecule has 1 heterocycles. The average Bonchev–Trinajstić information content (AvgIpc) is 3.00. The van der Waals surface area contributed by atoms with Gasteiger partial charge in [-0.15, -0.1) is 11.3 Å². The Labute approximate surface area is 126 Å². The minimum Gasteiger partial charge on any atom is -0.489 e. The summed E-state index contributed by atoms with van der Waals surface area (Å²) < 4.78 is 5.74. The lowest BCUT2D eigenvalue weighted by atomic mass is 10.1. The van der Waals surface area contributed by atoms with Crippen LogP contribution in [0.2, 0.25) is 5.02 Å². The molecule has 100 valence electrons. The van der Waals surface area contributed by atoms with Crippen LogP contribution in [0.15, 0.2) is 59.4 Å². The van der Waals surface area contributed by atoms with Gasteiger partial charge in [0.2, 0.25) is 0 Å². The topological polar surface area (TPSA) is 22.1 Å². The van der Waals surface area contributed by atoms with E-state index in [9.17, 15) is 0 Å². The Morgan fingerprint density at radius 3 is 2.65 bits per heavy atom. The van der Waals surface area contributed by atoms with Gasteiger partial charge < -0.3 is 4.74 Å². The predicted octanol–water partition coefficient (Wildman–Crippen LogP) is 5.04. The van der Waals surface area contributed by atoms with E-state index in [0.29, 0.717) is 11.6 Å². The van der Waals surface area contributed by atoms with Crippen LogP contribution in [-0.4, -0.2) is 4.98 Å². The molecule has 0 saturated carbocycles. The van der Waals surface area contributed by atoms with Crippen LogP contribution in [0.1, 0.15) is 5.56 Å². The van der Waals surface area contributed by atoms with Gasteiger partial charge in [0.05, 0.1) is 16.2 Å². The minimum absolute atomic E-state index is 0.535. The summed E-state index contributed by atoms with van der Waals surface area (Å²) in [6.07, 6.45) is 0. The molecule has 4 heteroatoms. The Hall–Kier alpha value is -1.84. The summed E-state index contributed by atoms with van der Waals surface area (Å²) in [5.74, 6) is 0.762. The van der Waals surface area contributed by atoms with Crippen molar-refractivity contribution in [1.29, 1.82) is 0 Å². The molecule has 3 aromatic rings. The molecule has 2 nitrogen and oxygen atoms in total. The number of hydrogen-bond acceptors (Lipinski definition) is 3. The third-order valence-corrected chi connectivity index (χ3v) is 3.80. The van der Waals surface area contributed by atoms with Crippen LogP contribution in [0.4, 0.5) is 0 Å². The van der Waals surface area contributed by atoms with E-state index in [0.717, 1.165) is 22.6 Å². The molecule has 0 bridgehead atoms. The number of hydrogen-bond donors (Lipinski definition) is 0. The zero-order valence-electron chi connectivity index (χ0n) is 10.6. The summed E-state index contributed by atoms with van der Waals surface area (Å²) in [7, 11) is 0. The summed E-state index contributed by atoms with van der Waals surface area (Å²) in [4.78, 5) is 4.26. The van der Waals surface area contributed by atoms with Crippen LogP contribution >= 0.6 is 22.9 Å². The maximum atomic E-state index is 6.29. The van der Waals surface area contributed by atoms with Crippen molar-refractivity contribution in [1.82, 2.24) is 4.98 Å². The molecule has 0 amide bonds. The molecule has 0 aliphatic heterocycles. The van der Waals surface area contributed by atoms with Crippen molar-refractivity contribution in [3.05, 3.63) is 70.0 Å². The van der Waals surface area contributed by atoms with Gasteiger partial charge in [0.15, 0.2) is 0 Å². The standard InChI is InChI=1S/C16H12ClNOS/c17-15-8-13(19-9-12-4-2-1-3-5-12)6-7-14(15)16-10-20-11-18-16/h1-8,10-11H,9H2. The highest BCUT2D eigenvalue weighted by Gasteiger charge is 2.07. The maximum Gasteiger partial charge on any atom is 0.121 e. The fourth-order valence-electron chi connectivity index (χ4n) is 1.88. The number of ether oxygens (including phenoxy) is 1. The number of rotatable bonds is 4. The maximum absolute atomic E-state index is 6.29. The molecular formula is C16H12ClNOS. The number of halogens is 1. The average molecular weight is 302 g/mol. The molecule has 0 aliphatic carbocycles. The van der Waals surface area contributed by atoms with Crippen LogP contribution in [-0.2, 0) is 6.61 Å². The first-order valence-corrected chi connectivity index (χ1v) is 7.50. The first kappa shape index (κ1) is 13.2. The third-order valence-electron chi connectivity index (χ3n) is 2.90. The lowest BCUT2D eigenvalue weighted by molar-refractivity contribution is 0.306. The highest BCUT2D eigenvalue weighted by Crippen LogP contribution is 2.31. The Balaban J connectivity index is 1.74. The van der Waals surface area contributed by atoms with Crippen molar-refractivity contribution in [3.8, 4) is 17.0 Å². The quantitative estimate of drug-likeness (QED) is 0.673. The Morgan fingerprint density at radius 2 is 1.95 bits per heavy atom. The van der Waals surface area contributed by atoms with Crippen LogP contribution < -0.4 is 4.74 Å². The molecule has 0 N–H and O–H groups in total. The number of thiazole rings is 1. The largest absolute Gasteiger partial charge is 0.489 e. The molecule has 0 atom stereocenters. The van der Waals surface area contributed by atoms with Gasteiger partial charge in [0.25, 0.3) is 0 Å². The fourth-order valence-corrected chi connectivity index (χ4v) is 2.70. The van der Waals surface area contributed by atoms with Crippen molar-refractivity contribution in [3.63, 3.8) is 0 Å². The van der Waals surface area contributed by atoms with Gasteiger partial charge in [-0.3, -0.25) is 0 Å². The van der Waals surface area contributed by atoms with Crippen molar-refractivity contribution >= 4 is 22.9 Å². The lowest BCUT2D eigenvalue weighted by Gasteiger charge is -2.08. The summed E-state index contributed by atoms with van der Waals surface area (Å²) >= 11 is 7.84. The second-order valence-electron chi connectivity index (χ2n) is 4.29. The van der Waals surface area contributed by atoms with E-state index < -0.39 is 0 Å². The first-order valence-electron chi connectivity index (χ1n) is 6.18. The van der Waals surface area contributed by atoms with Gasteiger partial charge in [0, 0.05) is 10.9 Å².